The second kappa shape index (κ2) is 15.0. The van der Waals surface area contributed by atoms with Gasteiger partial charge in [-0.25, -0.2) is 28.8 Å². The van der Waals surface area contributed by atoms with Crippen LogP contribution in [-0.4, -0.2) is 52.4 Å². The first-order valence-electron chi connectivity index (χ1n) is 11.8. The summed E-state index contributed by atoms with van der Waals surface area (Å²) in [6.07, 6.45) is 9.97. The van der Waals surface area contributed by atoms with Crippen LogP contribution in [0.2, 0.25) is 0 Å². The molecular weight excluding hydrogens is 474 g/mol. The summed E-state index contributed by atoms with van der Waals surface area (Å²) >= 11 is 0. The molecule has 37 heavy (non-hydrogen) atoms. The van der Waals surface area contributed by atoms with Crippen molar-refractivity contribution in [1.29, 1.82) is 0 Å². The number of allylic oxidation sites excluding steroid dienone is 2. The first-order chi connectivity index (χ1) is 17.8. The summed E-state index contributed by atoms with van der Waals surface area (Å²) in [6.45, 7) is 6.14. The second-order valence-electron chi connectivity index (χ2n) is 8.23. The Bertz CT molecular complexity index is 1220. The van der Waals surface area contributed by atoms with Crippen molar-refractivity contribution >= 4 is 24.1 Å². The predicted molar refractivity (Wildman–Crippen MR) is 145 cm³/mol. The molecule has 0 bridgehead atoms. The van der Waals surface area contributed by atoms with Gasteiger partial charge < -0.3 is 4.90 Å². The molecule has 0 N–H and O–H groups in total. The highest BCUT2D eigenvalue weighted by atomic mass is 19.1. The lowest BCUT2D eigenvalue weighted by Gasteiger charge is -2.14. The average Bonchev–Trinajstić information content (AvgIpc) is 2.87. The lowest BCUT2D eigenvalue weighted by atomic mass is 10.1. The van der Waals surface area contributed by atoms with E-state index in [1.54, 1.807) is 37.8 Å². The van der Waals surface area contributed by atoms with Crippen molar-refractivity contribution < 1.29 is 13.6 Å². The minimum Gasteiger partial charge on any atom is -0.369 e. The third kappa shape index (κ3) is 9.71. The lowest BCUT2D eigenvalue weighted by Crippen LogP contribution is -2.17. The molecule has 0 unspecified atom stereocenters. The lowest BCUT2D eigenvalue weighted by molar-refractivity contribution is -0.118. The highest BCUT2D eigenvalue weighted by molar-refractivity contribution is 6.08. The quantitative estimate of drug-likeness (QED) is 0.154. The highest BCUT2D eigenvalue weighted by Crippen LogP contribution is 2.19. The van der Waals surface area contributed by atoms with Crippen LogP contribution in [0.4, 0.5) is 14.5 Å². The largest absolute Gasteiger partial charge is 0.369 e. The van der Waals surface area contributed by atoms with Crippen LogP contribution in [-0.2, 0) is 11.3 Å². The van der Waals surface area contributed by atoms with Crippen LogP contribution in [0.25, 0.3) is 11.4 Å². The fourth-order valence-electron chi connectivity index (χ4n) is 3.00. The third-order valence-electron chi connectivity index (χ3n) is 4.45. The zero-order valence-electron chi connectivity index (χ0n) is 21.8. The minimum absolute atomic E-state index is 0.140. The van der Waals surface area contributed by atoms with Crippen LogP contribution in [0, 0.1) is 11.6 Å². The van der Waals surface area contributed by atoms with Crippen LogP contribution in [0.15, 0.2) is 77.1 Å². The van der Waals surface area contributed by atoms with Crippen LogP contribution >= 0.6 is 0 Å². The Morgan fingerprint density at radius 3 is 2.24 bits per heavy atom. The maximum Gasteiger partial charge on any atom is 0.230 e. The van der Waals surface area contributed by atoms with E-state index in [9.17, 15) is 13.6 Å². The molecule has 0 fully saturated rings. The van der Waals surface area contributed by atoms with Crippen LogP contribution in [0.3, 0.4) is 0 Å². The van der Waals surface area contributed by atoms with E-state index < -0.39 is 11.6 Å². The van der Waals surface area contributed by atoms with Gasteiger partial charge >= 0.3 is 0 Å². The van der Waals surface area contributed by atoms with E-state index in [1.807, 2.05) is 43.3 Å². The zero-order valence-corrected chi connectivity index (χ0v) is 21.8. The molecule has 2 aromatic carbocycles. The molecule has 1 amide bonds. The number of rotatable bonds is 9. The van der Waals surface area contributed by atoms with E-state index in [0.717, 1.165) is 34.3 Å². The second-order valence-corrected chi connectivity index (χ2v) is 8.23. The van der Waals surface area contributed by atoms with E-state index in [2.05, 4.69) is 33.9 Å². The van der Waals surface area contributed by atoms with Gasteiger partial charge in [0.2, 0.25) is 6.41 Å². The molecule has 3 aromatic rings. The summed E-state index contributed by atoms with van der Waals surface area (Å²) in [6, 6.07) is 10.5. The Hall–Kier alpha value is -4.27. The molecule has 3 rings (SSSR count). The zero-order chi connectivity index (χ0) is 27.2. The van der Waals surface area contributed by atoms with E-state index in [-0.39, 0.29) is 17.8 Å². The third-order valence-corrected chi connectivity index (χ3v) is 4.45. The molecule has 194 valence electrons. The number of benzene rings is 2. The summed E-state index contributed by atoms with van der Waals surface area (Å²) in [5.74, 6) is -0.941. The van der Waals surface area contributed by atoms with Crippen molar-refractivity contribution in [2.24, 2.45) is 10.1 Å². The fourth-order valence-corrected chi connectivity index (χ4v) is 3.00. The van der Waals surface area contributed by atoms with Gasteiger partial charge in [0.25, 0.3) is 0 Å². The average molecular weight is 507 g/mol. The number of carbonyl (C=O) groups excluding carboxylic acids is 1. The number of nitrogens with zero attached hydrogens (tertiary/aromatic N) is 6. The number of amides is 1. The minimum atomic E-state index is -0.726. The number of hydrogen-bond acceptors (Lipinski definition) is 5. The van der Waals surface area contributed by atoms with Gasteiger partial charge in [0.15, 0.2) is 5.82 Å². The fraction of sp³-hybridized carbons (Fsp3) is 0.250. The first kappa shape index (κ1) is 29.0. The molecule has 0 aliphatic carbocycles. The monoisotopic (exact) mass is 506 g/mol. The molecule has 0 saturated carbocycles. The number of aromatic nitrogens is 2. The molecule has 0 saturated heterocycles. The predicted octanol–water partition coefficient (Wildman–Crippen LogP) is 6.00. The summed E-state index contributed by atoms with van der Waals surface area (Å²) < 4.78 is 27.4. The Kier molecular flexibility index (Phi) is 11.7. The molecule has 0 spiro atoms. The summed E-state index contributed by atoms with van der Waals surface area (Å²) in [7, 11) is 3.74. The number of aliphatic imine (C=N–C) groups is 1. The maximum atomic E-state index is 13.7. The molecule has 1 heterocycles. The standard InChI is InChI=1S/C25H24F2N6O.C3H8/c1-4-6-24(20-10-21(26)12-22(27)11-20)31-33(17-34)15-18-7-5-8-19(9-18)25-28-13-23(14-29-25)30-16-32(2)3;1-3-2/h4-14,16-17H,15H2,1-3H3;3H2,1-2H3/b6-4-,30-16?,31-24+;. The van der Waals surface area contributed by atoms with Crippen LogP contribution in [0.5, 0.6) is 0 Å². The Morgan fingerprint density at radius 2 is 1.68 bits per heavy atom. The summed E-state index contributed by atoms with van der Waals surface area (Å²) in [5.41, 5.74) is 2.64. The Labute approximate surface area is 216 Å². The first-order valence-corrected chi connectivity index (χ1v) is 11.8. The van der Waals surface area contributed by atoms with Gasteiger partial charge in [-0.05, 0) is 36.8 Å². The number of carbonyl (C=O) groups is 1. The van der Waals surface area contributed by atoms with Crippen molar-refractivity contribution in [1.82, 2.24) is 19.9 Å². The molecular formula is C28H32F2N6O. The SMILES string of the molecule is C/C=C\C(=N/N(C=O)Cc1cccc(-c2ncc(N=CN(C)C)cn2)c1)c1cc(F)cc(F)c1.CCC. The van der Waals surface area contributed by atoms with E-state index in [4.69, 9.17) is 0 Å². The van der Waals surface area contributed by atoms with Gasteiger partial charge in [-0.2, -0.15) is 5.10 Å². The molecule has 0 aliphatic rings. The molecule has 0 atom stereocenters. The maximum absolute atomic E-state index is 13.7. The van der Waals surface area contributed by atoms with Crippen molar-refractivity contribution in [2.75, 3.05) is 14.1 Å². The number of hydrogen-bond donors (Lipinski definition) is 0. The smallest absolute Gasteiger partial charge is 0.230 e. The van der Waals surface area contributed by atoms with E-state index in [0.29, 0.717) is 17.9 Å². The van der Waals surface area contributed by atoms with Crippen molar-refractivity contribution in [2.45, 2.75) is 33.7 Å². The van der Waals surface area contributed by atoms with Gasteiger partial charge in [-0.15, -0.1) is 0 Å². The van der Waals surface area contributed by atoms with Gasteiger partial charge in [-0.3, -0.25) is 4.79 Å². The van der Waals surface area contributed by atoms with Crippen molar-refractivity contribution in [3.8, 4) is 11.4 Å². The van der Waals surface area contributed by atoms with Crippen LogP contribution < -0.4 is 0 Å². The molecule has 7 nitrogen and oxygen atoms in total. The highest BCUT2D eigenvalue weighted by Gasteiger charge is 2.10. The molecule has 9 heteroatoms. The summed E-state index contributed by atoms with van der Waals surface area (Å²) in [5, 5.41) is 5.46. The topological polar surface area (TPSA) is 74.1 Å². The number of halogens is 2. The van der Waals surface area contributed by atoms with Gasteiger partial charge in [0, 0.05) is 31.3 Å². The summed E-state index contributed by atoms with van der Waals surface area (Å²) in [4.78, 5) is 26.5. The Morgan fingerprint density at radius 1 is 1.03 bits per heavy atom. The van der Waals surface area contributed by atoms with E-state index >= 15 is 0 Å². The van der Waals surface area contributed by atoms with Gasteiger partial charge in [-0.1, -0.05) is 44.5 Å². The molecule has 0 radical (unpaired) electrons. The van der Waals surface area contributed by atoms with Crippen molar-refractivity contribution in [3.63, 3.8) is 0 Å². The van der Waals surface area contributed by atoms with Gasteiger partial charge in [0.1, 0.15) is 17.3 Å². The molecule has 0 aliphatic heterocycles. The van der Waals surface area contributed by atoms with Crippen molar-refractivity contribution in [3.05, 3.63) is 89.8 Å². The Balaban J connectivity index is 0.00000153. The van der Waals surface area contributed by atoms with Crippen LogP contribution in [0.1, 0.15) is 38.3 Å². The van der Waals surface area contributed by atoms with Gasteiger partial charge in [0.05, 0.1) is 31.0 Å². The van der Waals surface area contributed by atoms with E-state index in [1.165, 1.54) is 6.42 Å². The normalized spacial score (nSPS) is 11.4. The number of hydrazone groups is 1. The molecule has 1 aromatic heterocycles.